The Balaban J connectivity index is 1.38. The number of carbonyl (C=O) groups is 1. The Morgan fingerprint density at radius 3 is 2.21 bits per heavy atom. The van der Waals surface area contributed by atoms with Crippen LogP contribution < -0.4 is 10.2 Å². The molecule has 1 aliphatic rings. The first-order valence-corrected chi connectivity index (χ1v) is 9.39. The smallest absolute Gasteiger partial charge is 0.251 e. The normalized spacial score (nSPS) is 13.5. The number of nitrogens with zero attached hydrogens (tertiary/aromatic N) is 3. The molecule has 3 aromatic rings. The summed E-state index contributed by atoms with van der Waals surface area (Å²) < 4.78 is 12.9. The number of anilines is 1. The van der Waals surface area contributed by atoms with E-state index in [4.69, 9.17) is 0 Å². The molecule has 28 heavy (non-hydrogen) atoms. The van der Waals surface area contributed by atoms with Crippen LogP contribution in [0.1, 0.15) is 28.8 Å². The van der Waals surface area contributed by atoms with Crippen molar-refractivity contribution in [3.8, 4) is 11.1 Å². The van der Waals surface area contributed by atoms with Crippen LogP contribution in [0.15, 0.2) is 60.9 Å². The molecule has 1 aliphatic heterocycles. The number of halogens is 1. The maximum absolute atomic E-state index is 12.9. The van der Waals surface area contributed by atoms with Crippen LogP contribution in [0, 0.1) is 5.82 Å². The van der Waals surface area contributed by atoms with Crippen LogP contribution in [0.4, 0.5) is 10.3 Å². The molecule has 1 saturated heterocycles. The third kappa shape index (κ3) is 4.17. The van der Waals surface area contributed by atoms with E-state index in [0.717, 1.165) is 35.7 Å². The van der Waals surface area contributed by atoms with E-state index in [0.29, 0.717) is 12.1 Å². The topological polar surface area (TPSA) is 58.1 Å². The lowest BCUT2D eigenvalue weighted by molar-refractivity contribution is 0.0951. The minimum absolute atomic E-state index is 0.170. The second-order valence-corrected chi connectivity index (χ2v) is 6.85. The SMILES string of the molecule is O=C(NCc1ccc(F)cc1)c1ccc(-c2cnc(N3CCCC3)nc2)cc1. The van der Waals surface area contributed by atoms with Gasteiger partial charge in [0.1, 0.15) is 5.82 Å². The summed E-state index contributed by atoms with van der Waals surface area (Å²) >= 11 is 0. The molecule has 1 aromatic heterocycles. The Kier molecular flexibility index (Phi) is 5.28. The first kappa shape index (κ1) is 18.1. The van der Waals surface area contributed by atoms with Crippen molar-refractivity contribution in [2.24, 2.45) is 0 Å². The molecule has 0 unspecified atom stereocenters. The van der Waals surface area contributed by atoms with E-state index < -0.39 is 0 Å². The Labute approximate surface area is 163 Å². The zero-order valence-electron chi connectivity index (χ0n) is 15.4. The molecule has 0 atom stereocenters. The molecular formula is C22H21FN4O. The number of amides is 1. The zero-order chi connectivity index (χ0) is 19.3. The molecule has 0 saturated carbocycles. The predicted octanol–water partition coefficient (Wildman–Crippen LogP) is 3.81. The highest BCUT2D eigenvalue weighted by Crippen LogP contribution is 2.21. The summed E-state index contributed by atoms with van der Waals surface area (Å²) in [5, 5.41) is 2.84. The quantitative estimate of drug-likeness (QED) is 0.736. The van der Waals surface area contributed by atoms with Crippen LogP contribution in [0.25, 0.3) is 11.1 Å². The maximum atomic E-state index is 12.9. The Morgan fingerprint density at radius 2 is 1.57 bits per heavy atom. The standard InChI is InChI=1S/C22H21FN4O/c23-20-9-3-16(4-10-20)13-24-21(28)18-7-5-17(6-8-18)19-14-25-22(26-15-19)27-11-1-2-12-27/h3-10,14-15H,1-2,11-13H2,(H,24,28). The molecule has 4 rings (SSSR count). The molecule has 2 aromatic carbocycles. The lowest BCUT2D eigenvalue weighted by atomic mass is 10.1. The first-order chi connectivity index (χ1) is 13.7. The van der Waals surface area contributed by atoms with E-state index in [1.165, 1.54) is 25.0 Å². The largest absolute Gasteiger partial charge is 0.348 e. The van der Waals surface area contributed by atoms with E-state index in [9.17, 15) is 9.18 Å². The predicted molar refractivity (Wildman–Crippen MR) is 106 cm³/mol. The molecule has 6 heteroatoms. The zero-order valence-corrected chi connectivity index (χ0v) is 15.4. The highest BCUT2D eigenvalue weighted by atomic mass is 19.1. The summed E-state index contributed by atoms with van der Waals surface area (Å²) in [5.41, 5.74) is 3.30. The molecule has 0 spiro atoms. The molecular weight excluding hydrogens is 355 g/mol. The van der Waals surface area contributed by atoms with E-state index in [-0.39, 0.29) is 11.7 Å². The van der Waals surface area contributed by atoms with Crippen molar-refractivity contribution in [2.45, 2.75) is 19.4 Å². The van der Waals surface area contributed by atoms with Gasteiger partial charge in [0.05, 0.1) is 0 Å². The third-order valence-electron chi connectivity index (χ3n) is 4.87. The Hall–Kier alpha value is -3.28. The molecule has 0 bridgehead atoms. The molecule has 1 amide bonds. The number of benzene rings is 2. The van der Waals surface area contributed by atoms with Crippen LogP contribution in [0.2, 0.25) is 0 Å². The summed E-state index contributed by atoms with van der Waals surface area (Å²) in [6.45, 7) is 2.38. The van der Waals surface area contributed by atoms with Gasteiger partial charge in [0.25, 0.3) is 5.91 Å². The fourth-order valence-electron chi connectivity index (χ4n) is 3.25. The number of carbonyl (C=O) groups excluding carboxylic acids is 1. The maximum Gasteiger partial charge on any atom is 0.251 e. The van der Waals surface area contributed by atoms with E-state index in [1.54, 1.807) is 24.3 Å². The Bertz CT molecular complexity index is 934. The highest BCUT2D eigenvalue weighted by Gasteiger charge is 2.14. The van der Waals surface area contributed by atoms with Crippen LogP contribution >= 0.6 is 0 Å². The van der Waals surface area contributed by atoms with Crippen LogP contribution in [0.5, 0.6) is 0 Å². The highest BCUT2D eigenvalue weighted by molar-refractivity contribution is 5.94. The molecule has 5 nitrogen and oxygen atoms in total. The van der Waals surface area contributed by atoms with E-state index >= 15 is 0 Å². The fraction of sp³-hybridized carbons (Fsp3) is 0.227. The molecule has 142 valence electrons. The number of rotatable bonds is 5. The summed E-state index contributed by atoms with van der Waals surface area (Å²) in [6, 6.07) is 13.4. The van der Waals surface area contributed by atoms with Crippen molar-refractivity contribution >= 4 is 11.9 Å². The lowest BCUT2D eigenvalue weighted by Crippen LogP contribution is -2.22. The summed E-state index contributed by atoms with van der Waals surface area (Å²) in [6.07, 6.45) is 6.03. The van der Waals surface area contributed by atoms with Crippen molar-refractivity contribution < 1.29 is 9.18 Å². The van der Waals surface area contributed by atoms with Crippen LogP contribution in [-0.4, -0.2) is 29.0 Å². The van der Waals surface area contributed by atoms with Crippen LogP contribution in [-0.2, 0) is 6.54 Å². The van der Waals surface area contributed by atoms with E-state index in [1.807, 2.05) is 24.5 Å². The van der Waals surface area contributed by atoms with Crippen LogP contribution in [0.3, 0.4) is 0 Å². The fourth-order valence-corrected chi connectivity index (χ4v) is 3.25. The average molecular weight is 376 g/mol. The third-order valence-corrected chi connectivity index (χ3v) is 4.87. The van der Waals surface area contributed by atoms with Gasteiger partial charge in [0.15, 0.2) is 0 Å². The monoisotopic (exact) mass is 376 g/mol. The minimum atomic E-state index is -0.289. The summed E-state index contributed by atoms with van der Waals surface area (Å²) in [5.74, 6) is 0.317. The molecule has 1 N–H and O–H groups in total. The number of hydrogen-bond donors (Lipinski definition) is 1. The van der Waals surface area contributed by atoms with Crippen molar-refractivity contribution in [1.29, 1.82) is 0 Å². The van der Waals surface area contributed by atoms with Gasteiger partial charge in [-0.3, -0.25) is 4.79 Å². The number of nitrogens with one attached hydrogen (secondary N) is 1. The second kappa shape index (κ2) is 8.17. The molecule has 0 aliphatic carbocycles. The lowest BCUT2D eigenvalue weighted by Gasteiger charge is -2.14. The van der Waals surface area contributed by atoms with Crippen molar-refractivity contribution in [3.05, 3.63) is 77.9 Å². The number of hydrogen-bond acceptors (Lipinski definition) is 4. The Morgan fingerprint density at radius 1 is 0.929 bits per heavy atom. The minimum Gasteiger partial charge on any atom is -0.348 e. The van der Waals surface area contributed by atoms with Gasteiger partial charge in [0.2, 0.25) is 5.95 Å². The first-order valence-electron chi connectivity index (χ1n) is 9.39. The summed E-state index contributed by atoms with van der Waals surface area (Å²) in [4.78, 5) is 23.4. The van der Waals surface area contributed by atoms with Gasteiger partial charge >= 0.3 is 0 Å². The molecule has 1 fully saturated rings. The van der Waals surface area contributed by atoms with Gasteiger partial charge in [-0.25, -0.2) is 14.4 Å². The van der Waals surface area contributed by atoms with E-state index in [2.05, 4.69) is 20.2 Å². The molecule has 2 heterocycles. The average Bonchev–Trinajstić information content (AvgIpc) is 3.28. The van der Waals surface area contributed by atoms with Crippen molar-refractivity contribution in [1.82, 2.24) is 15.3 Å². The van der Waals surface area contributed by atoms with Gasteiger partial charge in [-0.15, -0.1) is 0 Å². The summed E-state index contributed by atoms with van der Waals surface area (Å²) in [7, 11) is 0. The van der Waals surface area contributed by atoms with Gasteiger partial charge in [-0.1, -0.05) is 24.3 Å². The van der Waals surface area contributed by atoms with Crippen molar-refractivity contribution in [2.75, 3.05) is 18.0 Å². The van der Waals surface area contributed by atoms with Gasteiger partial charge in [-0.05, 0) is 48.2 Å². The van der Waals surface area contributed by atoms with Gasteiger partial charge < -0.3 is 10.2 Å². The van der Waals surface area contributed by atoms with Gasteiger partial charge in [0, 0.05) is 43.2 Å². The van der Waals surface area contributed by atoms with Crippen molar-refractivity contribution in [3.63, 3.8) is 0 Å². The van der Waals surface area contributed by atoms with Gasteiger partial charge in [-0.2, -0.15) is 0 Å². The second-order valence-electron chi connectivity index (χ2n) is 6.85. The molecule has 0 radical (unpaired) electrons. The number of aromatic nitrogens is 2.